The molecule has 3 aromatic carbocycles. The van der Waals surface area contributed by atoms with E-state index in [-0.39, 0.29) is 0 Å². The summed E-state index contributed by atoms with van der Waals surface area (Å²) in [4.78, 5) is 0. The molecule has 0 N–H and O–H groups in total. The quantitative estimate of drug-likeness (QED) is 0.578. The minimum absolute atomic E-state index is 0.448. The summed E-state index contributed by atoms with van der Waals surface area (Å²) in [7, 11) is 0. The first kappa shape index (κ1) is 14.4. The molecule has 21 heavy (non-hydrogen) atoms. The molecule has 0 fully saturated rings. The SMILES string of the molecule is FC(F)(F)[TeH](c1ccccc1)c1cccc2ccccc12. The second-order valence-electron chi connectivity index (χ2n) is 4.64. The Morgan fingerprint density at radius 2 is 1.29 bits per heavy atom. The molecule has 0 heterocycles. The van der Waals surface area contributed by atoms with Gasteiger partial charge >= 0.3 is 128 Å². The summed E-state index contributed by atoms with van der Waals surface area (Å²) >= 11 is -3.83. The maximum absolute atomic E-state index is 13.7. The van der Waals surface area contributed by atoms with Crippen LogP contribution in [0.3, 0.4) is 0 Å². The summed E-state index contributed by atoms with van der Waals surface area (Å²) in [6, 6.07) is 20.9. The van der Waals surface area contributed by atoms with E-state index in [2.05, 4.69) is 0 Å². The van der Waals surface area contributed by atoms with Gasteiger partial charge < -0.3 is 0 Å². The number of rotatable bonds is 2. The van der Waals surface area contributed by atoms with Crippen LogP contribution in [-0.2, 0) is 0 Å². The van der Waals surface area contributed by atoms with E-state index in [9.17, 15) is 13.2 Å². The molecule has 3 rings (SSSR count). The Hall–Kier alpha value is -1.50. The van der Waals surface area contributed by atoms with E-state index in [0.29, 0.717) is 7.22 Å². The first-order chi connectivity index (χ1) is 10.1. The predicted octanol–water partition coefficient (Wildman–Crippen LogP) is 3.28. The van der Waals surface area contributed by atoms with Crippen molar-refractivity contribution in [3.8, 4) is 0 Å². The van der Waals surface area contributed by atoms with Crippen molar-refractivity contribution in [2.24, 2.45) is 0 Å². The Morgan fingerprint density at radius 1 is 0.667 bits per heavy atom. The molecule has 1 atom stereocenters. The topological polar surface area (TPSA) is 0 Å². The van der Waals surface area contributed by atoms with E-state index in [1.165, 1.54) is 0 Å². The van der Waals surface area contributed by atoms with Gasteiger partial charge in [-0.15, -0.1) is 0 Å². The van der Waals surface area contributed by atoms with E-state index in [0.717, 1.165) is 10.8 Å². The third-order valence-corrected chi connectivity index (χ3v) is 9.54. The van der Waals surface area contributed by atoms with Crippen molar-refractivity contribution in [1.82, 2.24) is 0 Å². The van der Waals surface area contributed by atoms with Gasteiger partial charge in [0, 0.05) is 0 Å². The first-order valence-electron chi connectivity index (χ1n) is 6.47. The van der Waals surface area contributed by atoms with Gasteiger partial charge in [-0.2, -0.15) is 0 Å². The molecule has 0 bridgehead atoms. The number of benzene rings is 3. The molecule has 0 saturated carbocycles. The van der Waals surface area contributed by atoms with Crippen LogP contribution < -0.4 is 7.22 Å². The zero-order valence-electron chi connectivity index (χ0n) is 11.0. The van der Waals surface area contributed by atoms with Gasteiger partial charge in [-0.1, -0.05) is 0 Å². The molecule has 0 aromatic heterocycles. The monoisotopic (exact) mass is 404 g/mol. The summed E-state index contributed by atoms with van der Waals surface area (Å²) in [6.45, 7) is 0. The first-order valence-corrected chi connectivity index (χ1v) is 10.3. The van der Waals surface area contributed by atoms with E-state index < -0.39 is 23.8 Å². The fraction of sp³-hybridized carbons (Fsp3) is 0.0588. The van der Waals surface area contributed by atoms with Crippen LogP contribution in [0.25, 0.3) is 10.8 Å². The predicted molar refractivity (Wildman–Crippen MR) is 82.9 cm³/mol. The van der Waals surface area contributed by atoms with Crippen LogP contribution in [-0.4, -0.2) is 23.8 Å². The van der Waals surface area contributed by atoms with Crippen LogP contribution >= 0.6 is 0 Å². The van der Waals surface area contributed by atoms with E-state index in [4.69, 9.17) is 0 Å². The number of alkyl halides is 3. The van der Waals surface area contributed by atoms with E-state index in [1.54, 1.807) is 54.6 Å². The Morgan fingerprint density at radius 3 is 2.00 bits per heavy atom. The molecule has 0 aliphatic rings. The fourth-order valence-electron chi connectivity index (χ4n) is 2.40. The second-order valence-corrected chi connectivity index (χ2v) is 10.8. The zero-order chi connectivity index (χ0) is 14.9. The molecule has 0 nitrogen and oxygen atoms in total. The van der Waals surface area contributed by atoms with Gasteiger partial charge in [-0.3, -0.25) is 0 Å². The molecule has 1 unspecified atom stereocenters. The van der Waals surface area contributed by atoms with Crippen LogP contribution in [0, 0.1) is 0 Å². The van der Waals surface area contributed by atoms with Gasteiger partial charge in [0.25, 0.3) is 0 Å². The van der Waals surface area contributed by atoms with Crippen molar-refractivity contribution in [2.75, 3.05) is 0 Å². The van der Waals surface area contributed by atoms with Crippen molar-refractivity contribution in [2.45, 2.75) is 4.22 Å². The maximum atomic E-state index is 13.7. The molecule has 0 spiro atoms. The average Bonchev–Trinajstić information content (AvgIpc) is 2.47. The Balaban J connectivity index is 2.25. The molecular formula is C17H13F3Te. The summed E-state index contributed by atoms with van der Waals surface area (Å²) in [5.74, 6) is 0. The van der Waals surface area contributed by atoms with Gasteiger partial charge in [0.15, 0.2) is 0 Å². The van der Waals surface area contributed by atoms with Crippen molar-refractivity contribution in [1.29, 1.82) is 0 Å². The van der Waals surface area contributed by atoms with Crippen LogP contribution in [0.15, 0.2) is 72.8 Å². The molecule has 0 aliphatic carbocycles. The third-order valence-electron chi connectivity index (χ3n) is 3.28. The number of hydrogen-bond acceptors (Lipinski definition) is 0. The van der Waals surface area contributed by atoms with Gasteiger partial charge in [-0.25, -0.2) is 0 Å². The fourth-order valence-corrected chi connectivity index (χ4v) is 8.09. The Bertz CT molecular complexity index is 745. The normalized spacial score (nSPS) is 14.1. The molecule has 0 saturated heterocycles. The number of fused-ring (bicyclic) bond motifs is 1. The van der Waals surface area contributed by atoms with Gasteiger partial charge in [-0.05, 0) is 0 Å². The zero-order valence-corrected chi connectivity index (χ0v) is 13.6. The number of hydrogen-bond donors (Lipinski definition) is 0. The van der Waals surface area contributed by atoms with Crippen LogP contribution in [0.1, 0.15) is 0 Å². The molecule has 108 valence electrons. The van der Waals surface area contributed by atoms with Crippen molar-refractivity contribution < 1.29 is 13.2 Å². The van der Waals surface area contributed by atoms with E-state index >= 15 is 0 Å². The molecule has 4 heteroatoms. The minimum atomic E-state index is -4.14. The molecule has 3 aromatic rings. The van der Waals surface area contributed by atoms with Crippen LogP contribution in [0.2, 0.25) is 0 Å². The van der Waals surface area contributed by atoms with Gasteiger partial charge in [0.05, 0.1) is 0 Å². The van der Waals surface area contributed by atoms with Crippen molar-refractivity contribution in [3.63, 3.8) is 0 Å². The van der Waals surface area contributed by atoms with Crippen molar-refractivity contribution in [3.05, 3.63) is 72.8 Å². The van der Waals surface area contributed by atoms with Crippen LogP contribution in [0.4, 0.5) is 13.2 Å². The molecular weight excluding hydrogens is 389 g/mol. The van der Waals surface area contributed by atoms with Gasteiger partial charge in [0.2, 0.25) is 0 Å². The summed E-state index contributed by atoms with van der Waals surface area (Å²) in [6.07, 6.45) is 0. The van der Waals surface area contributed by atoms with Crippen molar-refractivity contribution >= 4 is 37.5 Å². The molecule has 0 amide bonds. The van der Waals surface area contributed by atoms with Gasteiger partial charge in [0.1, 0.15) is 0 Å². The Labute approximate surface area is 127 Å². The molecule has 0 radical (unpaired) electrons. The van der Waals surface area contributed by atoms with E-state index in [1.807, 2.05) is 18.2 Å². The summed E-state index contributed by atoms with van der Waals surface area (Å²) in [5.41, 5.74) is 0. The summed E-state index contributed by atoms with van der Waals surface area (Å²) in [5, 5.41) is 1.59. The average molecular weight is 402 g/mol. The third kappa shape index (κ3) is 2.92. The van der Waals surface area contributed by atoms with Crippen LogP contribution in [0.5, 0.6) is 0 Å². The number of halogens is 3. The Kier molecular flexibility index (Phi) is 3.93. The second kappa shape index (κ2) is 5.71. The summed E-state index contributed by atoms with van der Waals surface area (Å²) < 4.78 is 37.9. The molecule has 0 aliphatic heterocycles. The standard InChI is InChI=1S/C17H13F3Te/c18-17(19,20)21(14-9-2-1-3-10-14)16-12-6-8-13-7-4-5-11-15(13)16/h1-12,21H.